The van der Waals surface area contributed by atoms with Crippen LogP contribution >= 0.6 is 0 Å². The van der Waals surface area contributed by atoms with Crippen LogP contribution in [0.5, 0.6) is 11.5 Å². The second-order valence-corrected chi connectivity index (χ2v) is 9.73. The summed E-state index contributed by atoms with van der Waals surface area (Å²) in [4.78, 5) is 19.9. The lowest BCUT2D eigenvalue weighted by Gasteiger charge is -2.31. The minimum Gasteiger partial charge on any atom is -0.493 e. The third kappa shape index (κ3) is 6.43. The summed E-state index contributed by atoms with van der Waals surface area (Å²) < 4.78 is 16.2. The first-order valence-corrected chi connectivity index (χ1v) is 12.6. The quantitative estimate of drug-likeness (QED) is 0.432. The van der Waals surface area contributed by atoms with E-state index in [1.165, 1.54) is 5.56 Å². The first-order chi connectivity index (χ1) is 17.5. The van der Waals surface area contributed by atoms with Gasteiger partial charge in [-0.25, -0.2) is 0 Å². The third-order valence-electron chi connectivity index (χ3n) is 6.65. The summed E-state index contributed by atoms with van der Waals surface area (Å²) in [5.74, 6) is 3.00. The van der Waals surface area contributed by atoms with Crippen molar-refractivity contribution in [1.29, 1.82) is 0 Å². The molecule has 1 aliphatic heterocycles. The molecule has 1 aromatic heterocycles. The SMILES string of the molecule is COc1ccc(-c2noc(CN3CCC(C(=O)NC(CC(C)C)c4ccccc4)CC3)n2)cc1OC. The Labute approximate surface area is 213 Å². The Morgan fingerprint density at radius 2 is 1.81 bits per heavy atom. The van der Waals surface area contributed by atoms with Crippen LogP contribution in [0.25, 0.3) is 11.4 Å². The van der Waals surface area contributed by atoms with E-state index in [0.717, 1.165) is 37.9 Å². The molecule has 4 rings (SSSR count). The van der Waals surface area contributed by atoms with Gasteiger partial charge in [0.05, 0.1) is 26.8 Å². The van der Waals surface area contributed by atoms with Gasteiger partial charge in [0, 0.05) is 11.5 Å². The molecule has 0 bridgehead atoms. The highest BCUT2D eigenvalue weighted by Gasteiger charge is 2.28. The number of rotatable bonds is 10. The molecular formula is C28H36N4O4. The van der Waals surface area contributed by atoms with Crippen molar-refractivity contribution in [1.82, 2.24) is 20.4 Å². The molecule has 36 heavy (non-hydrogen) atoms. The molecule has 1 atom stereocenters. The number of methoxy groups -OCH3 is 2. The summed E-state index contributed by atoms with van der Waals surface area (Å²) in [5, 5.41) is 7.46. The van der Waals surface area contributed by atoms with Gasteiger partial charge in [0.2, 0.25) is 17.6 Å². The van der Waals surface area contributed by atoms with Gasteiger partial charge in [-0.3, -0.25) is 9.69 Å². The summed E-state index contributed by atoms with van der Waals surface area (Å²) in [6.07, 6.45) is 2.55. The van der Waals surface area contributed by atoms with Crippen LogP contribution in [0, 0.1) is 11.8 Å². The van der Waals surface area contributed by atoms with E-state index in [4.69, 9.17) is 14.0 Å². The first kappa shape index (κ1) is 25.7. The van der Waals surface area contributed by atoms with Gasteiger partial charge >= 0.3 is 0 Å². The van der Waals surface area contributed by atoms with Crippen molar-refractivity contribution in [3.63, 3.8) is 0 Å². The molecule has 192 valence electrons. The Morgan fingerprint density at radius 3 is 2.47 bits per heavy atom. The Hall–Kier alpha value is -3.39. The number of likely N-dealkylation sites (tertiary alicyclic amines) is 1. The Morgan fingerprint density at radius 1 is 1.08 bits per heavy atom. The highest BCUT2D eigenvalue weighted by atomic mass is 16.5. The molecule has 0 spiro atoms. The number of hydrogen-bond acceptors (Lipinski definition) is 7. The van der Waals surface area contributed by atoms with E-state index in [9.17, 15) is 4.79 Å². The number of hydrogen-bond donors (Lipinski definition) is 1. The lowest BCUT2D eigenvalue weighted by molar-refractivity contribution is -0.127. The lowest BCUT2D eigenvalue weighted by atomic mass is 9.93. The Bertz CT molecular complexity index is 1120. The minimum absolute atomic E-state index is 0.0182. The number of nitrogens with zero attached hydrogens (tertiary/aromatic N) is 3. The van der Waals surface area contributed by atoms with Crippen molar-refractivity contribution in [2.45, 2.75) is 45.7 Å². The molecule has 8 heteroatoms. The molecule has 1 aliphatic rings. The van der Waals surface area contributed by atoms with Gasteiger partial charge in [-0.2, -0.15) is 4.98 Å². The molecule has 1 amide bonds. The minimum atomic E-state index is 0.0182. The molecule has 8 nitrogen and oxygen atoms in total. The zero-order chi connectivity index (χ0) is 25.5. The monoisotopic (exact) mass is 492 g/mol. The summed E-state index contributed by atoms with van der Waals surface area (Å²) in [5.41, 5.74) is 1.96. The van der Waals surface area contributed by atoms with Crippen molar-refractivity contribution in [3.05, 3.63) is 60.0 Å². The number of piperidine rings is 1. The molecule has 0 radical (unpaired) electrons. The van der Waals surface area contributed by atoms with E-state index in [-0.39, 0.29) is 17.9 Å². The van der Waals surface area contributed by atoms with Crippen LogP contribution < -0.4 is 14.8 Å². The Kier molecular flexibility index (Phi) is 8.59. The van der Waals surface area contributed by atoms with Crippen LogP contribution in [0.2, 0.25) is 0 Å². The van der Waals surface area contributed by atoms with E-state index >= 15 is 0 Å². The number of nitrogens with one attached hydrogen (secondary N) is 1. The summed E-state index contributed by atoms with van der Waals surface area (Å²) in [6, 6.07) is 15.8. The second kappa shape index (κ2) is 12.0. The van der Waals surface area contributed by atoms with Crippen LogP contribution in [0.4, 0.5) is 0 Å². The fourth-order valence-corrected chi connectivity index (χ4v) is 4.68. The van der Waals surface area contributed by atoms with Crippen molar-refractivity contribution in [2.75, 3.05) is 27.3 Å². The van der Waals surface area contributed by atoms with Crippen LogP contribution in [0.3, 0.4) is 0 Å². The normalized spacial score (nSPS) is 15.6. The van der Waals surface area contributed by atoms with Crippen LogP contribution in [0.1, 0.15) is 50.6 Å². The second-order valence-electron chi connectivity index (χ2n) is 9.73. The summed E-state index contributed by atoms with van der Waals surface area (Å²) in [6.45, 7) is 6.57. The number of carbonyl (C=O) groups is 1. The van der Waals surface area contributed by atoms with E-state index < -0.39 is 0 Å². The van der Waals surface area contributed by atoms with Gasteiger partial charge in [-0.15, -0.1) is 0 Å². The molecule has 1 unspecified atom stereocenters. The summed E-state index contributed by atoms with van der Waals surface area (Å²) >= 11 is 0. The average Bonchev–Trinajstić information content (AvgIpc) is 3.37. The fraction of sp³-hybridized carbons (Fsp3) is 0.464. The van der Waals surface area contributed by atoms with E-state index in [1.807, 2.05) is 36.4 Å². The number of benzene rings is 2. The van der Waals surface area contributed by atoms with Crippen molar-refractivity contribution in [3.8, 4) is 22.9 Å². The van der Waals surface area contributed by atoms with E-state index in [0.29, 0.717) is 35.7 Å². The zero-order valence-electron chi connectivity index (χ0n) is 21.6. The average molecular weight is 493 g/mol. The topological polar surface area (TPSA) is 89.7 Å². The van der Waals surface area contributed by atoms with Gasteiger partial charge < -0.3 is 19.3 Å². The Balaban J connectivity index is 1.31. The molecule has 2 aromatic carbocycles. The number of carbonyl (C=O) groups excluding carboxylic acids is 1. The molecule has 1 N–H and O–H groups in total. The maximum atomic E-state index is 13.1. The number of aromatic nitrogens is 2. The van der Waals surface area contributed by atoms with Crippen LogP contribution in [-0.2, 0) is 11.3 Å². The smallest absolute Gasteiger partial charge is 0.241 e. The third-order valence-corrected chi connectivity index (χ3v) is 6.65. The summed E-state index contributed by atoms with van der Waals surface area (Å²) in [7, 11) is 3.20. The highest BCUT2D eigenvalue weighted by molar-refractivity contribution is 5.79. The van der Waals surface area contributed by atoms with Gasteiger partial charge in [-0.1, -0.05) is 49.3 Å². The number of ether oxygens (including phenoxy) is 2. The molecule has 0 saturated carbocycles. The molecular weight excluding hydrogens is 456 g/mol. The molecule has 3 aromatic rings. The highest BCUT2D eigenvalue weighted by Crippen LogP contribution is 2.31. The predicted molar refractivity (Wildman–Crippen MR) is 138 cm³/mol. The largest absolute Gasteiger partial charge is 0.493 e. The van der Waals surface area contributed by atoms with Crippen molar-refractivity contribution in [2.24, 2.45) is 11.8 Å². The molecule has 1 fully saturated rings. The first-order valence-electron chi connectivity index (χ1n) is 12.6. The standard InChI is InChI=1S/C28H36N4O4/c1-19(2)16-23(20-8-6-5-7-9-20)29-28(33)21-12-14-32(15-13-21)18-26-30-27(31-36-26)22-10-11-24(34-3)25(17-22)35-4/h5-11,17,19,21,23H,12-16,18H2,1-4H3,(H,29,33). The van der Waals surface area contributed by atoms with Crippen LogP contribution in [0.15, 0.2) is 53.1 Å². The van der Waals surface area contributed by atoms with E-state index in [1.54, 1.807) is 14.2 Å². The number of amides is 1. The van der Waals surface area contributed by atoms with Gasteiger partial charge in [0.15, 0.2) is 11.5 Å². The van der Waals surface area contributed by atoms with Gasteiger partial charge in [0.25, 0.3) is 0 Å². The van der Waals surface area contributed by atoms with Crippen LogP contribution in [-0.4, -0.2) is 48.3 Å². The maximum absolute atomic E-state index is 13.1. The van der Waals surface area contributed by atoms with Gasteiger partial charge in [-0.05, 0) is 62.0 Å². The van der Waals surface area contributed by atoms with Crippen molar-refractivity contribution >= 4 is 5.91 Å². The zero-order valence-corrected chi connectivity index (χ0v) is 21.6. The van der Waals surface area contributed by atoms with Gasteiger partial charge in [0.1, 0.15) is 0 Å². The molecule has 0 aliphatic carbocycles. The molecule has 2 heterocycles. The predicted octanol–water partition coefficient (Wildman–Crippen LogP) is 4.87. The van der Waals surface area contributed by atoms with Crippen molar-refractivity contribution < 1.29 is 18.8 Å². The lowest BCUT2D eigenvalue weighted by Crippen LogP contribution is -2.41. The maximum Gasteiger partial charge on any atom is 0.241 e. The van der Waals surface area contributed by atoms with E-state index in [2.05, 4.69) is 46.3 Å². The molecule has 1 saturated heterocycles. The fourth-order valence-electron chi connectivity index (χ4n) is 4.68.